The normalized spacial score (nSPS) is 14.6. The van der Waals surface area contributed by atoms with E-state index >= 15 is 0 Å². The van der Waals surface area contributed by atoms with Crippen molar-refractivity contribution in [2.45, 2.75) is 129 Å². The predicted octanol–water partition coefficient (Wildman–Crippen LogP) is 6.63. The number of hydrogen-bond donors (Lipinski definition) is 0. The van der Waals surface area contributed by atoms with Crippen molar-refractivity contribution in [3.8, 4) is 0 Å². The summed E-state index contributed by atoms with van der Waals surface area (Å²) in [5.41, 5.74) is 0. The van der Waals surface area contributed by atoms with Crippen molar-refractivity contribution in [3.05, 3.63) is 0 Å². The van der Waals surface area contributed by atoms with E-state index in [0.29, 0.717) is 6.42 Å². The molecule has 0 N–H and O–H groups in total. The van der Waals surface area contributed by atoms with Crippen LogP contribution in [-0.4, -0.2) is 46.8 Å². The number of ketones is 1. The van der Waals surface area contributed by atoms with Crippen molar-refractivity contribution in [1.29, 1.82) is 0 Å². The van der Waals surface area contributed by atoms with Crippen LogP contribution in [0.3, 0.4) is 0 Å². The summed E-state index contributed by atoms with van der Waals surface area (Å²) in [6, 6.07) is -0.229. The molecule has 8 heteroatoms. The number of carbonyl (C=O) groups excluding carboxylic acids is 2. The number of rotatable bonds is 13. The quantitative estimate of drug-likeness (QED) is 0.129. The number of esters is 1. The van der Waals surface area contributed by atoms with Crippen molar-refractivity contribution in [1.82, 2.24) is 5.23 Å². The lowest BCUT2D eigenvalue weighted by atomic mass is 10.0. The molecule has 0 radical (unpaired) electrons. The van der Waals surface area contributed by atoms with Crippen molar-refractivity contribution in [2.75, 3.05) is 7.11 Å². The van der Waals surface area contributed by atoms with E-state index in [1.807, 2.05) is 0 Å². The summed E-state index contributed by atoms with van der Waals surface area (Å²) < 4.78 is 18.3. The van der Waals surface area contributed by atoms with Gasteiger partial charge in [-0.2, -0.15) is 0 Å². The third-order valence-corrected chi connectivity index (χ3v) is 15.2. The molecule has 0 saturated carbocycles. The molecule has 0 aliphatic rings. The number of hydroxylamine groups is 2. The lowest BCUT2D eigenvalue weighted by molar-refractivity contribution is -0.303. The van der Waals surface area contributed by atoms with Crippen LogP contribution in [-0.2, 0) is 23.4 Å². The van der Waals surface area contributed by atoms with Crippen molar-refractivity contribution < 1.29 is 23.4 Å². The number of hydrogen-bond acceptors (Lipinski definition) is 6. The summed E-state index contributed by atoms with van der Waals surface area (Å²) in [6.45, 7) is 23.6. The van der Waals surface area contributed by atoms with E-state index in [2.05, 4.69) is 67.7 Å². The molecule has 0 rings (SSSR count). The number of Topliss-reactive ketones (excluding diaryl/α,β-unsaturated/α-hetero) is 1. The molecule has 0 aromatic heterocycles. The summed E-state index contributed by atoms with van der Waals surface area (Å²) in [5, 5.41) is 1.69. The zero-order valence-corrected chi connectivity index (χ0v) is 24.3. The van der Waals surface area contributed by atoms with E-state index in [-0.39, 0.29) is 34.3 Å². The van der Waals surface area contributed by atoms with Gasteiger partial charge in [0, 0.05) is 6.42 Å². The number of carbonyl (C=O) groups is 2. The van der Waals surface area contributed by atoms with E-state index in [1.54, 1.807) is 12.2 Å². The zero-order chi connectivity index (χ0) is 24.7. The molecule has 0 aromatic rings. The Morgan fingerprint density at radius 3 is 1.65 bits per heavy atom. The molecule has 0 amide bonds. The Morgan fingerprint density at radius 2 is 1.29 bits per heavy atom. The maximum Gasteiger partial charge on any atom is 0.307 e. The van der Waals surface area contributed by atoms with Crippen LogP contribution in [0.1, 0.15) is 87.0 Å². The fourth-order valence-corrected chi connectivity index (χ4v) is 4.27. The molecule has 184 valence electrons. The largest absolute Gasteiger partial charge is 0.469 e. The highest BCUT2D eigenvalue weighted by Crippen LogP contribution is 2.41. The van der Waals surface area contributed by atoms with Gasteiger partial charge in [-0.15, -0.1) is 0 Å². The van der Waals surface area contributed by atoms with Gasteiger partial charge in [-0.1, -0.05) is 59.6 Å². The molecule has 0 aliphatic carbocycles. The monoisotopic (exact) mass is 475 g/mol. The second-order valence-corrected chi connectivity index (χ2v) is 21.1. The topological polar surface area (TPSA) is 65.1 Å². The molecule has 0 aliphatic heterocycles. The first-order valence-corrected chi connectivity index (χ1v) is 17.4. The van der Waals surface area contributed by atoms with Crippen LogP contribution in [0.2, 0.25) is 36.3 Å². The Hall–Kier alpha value is -0.546. The molecule has 0 bridgehead atoms. The Labute approximate surface area is 193 Å². The molecular formula is C23H49NO5Si2. The summed E-state index contributed by atoms with van der Waals surface area (Å²) in [6.07, 6.45) is 4.26. The molecule has 0 heterocycles. The summed E-state index contributed by atoms with van der Waals surface area (Å²) in [7, 11) is -2.97. The summed E-state index contributed by atoms with van der Waals surface area (Å²) in [4.78, 5) is 23.5. The van der Waals surface area contributed by atoms with Crippen LogP contribution >= 0.6 is 0 Å². The number of methoxy groups -OCH3 is 1. The second kappa shape index (κ2) is 12.1. The highest BCUT2D eigenvalue weighted by molar-refractivity contribution is 6.74. The Kier molecular flexibility index (Phi) is 11.9. The fraction of sp³-hybridized carbons (Fsp3) is 0.913. The number of ether oxygens (including phenoxy) is 1. The molecule has 0 fully saturated rings. The van der Waals surface area contributed by atoms with Gasteiger partial charge in [0.15, 0.2) is 0 Å². The molecule has 1 atom stereocenters. The first kappa shape index (κ1) is 30.5. The average Bonchev–Trinajstić information content (AvgIpc) is 2.56. The lowest BCUT2D eigenvalue weighted by Gasteiger charge is -2.46. The minimum absolute atomic E-state index is 0.000651. The van der Waals surface area contributed by atoms with E-state index in [1.165, 1.54) is 7.11 Å². The van der Waals surface area contributed by atoms with E-state index < -0.39 is 16.6 Å². The highest BCUT2D eigenvalue weighted by atomic mass is 28.4. The van der Waals surface area contributed by atoms with E-state index in [4.69, 9.17) is 13.8 Å². The highest BCUT2D eigenvalue weighted by Gasteiger charge is 2.46. The molecule has 31 heavy (non-hydrogen) atoms. The smallest absolute Gasteiger partial charge is 0.307 e. The van der Waals surface area contributed by atoms with Crippen LogP contribution in [0.15, 0.2) is 0 Å². The molecule has 6 nitrogen and oxygen atoms in total. The van der Waals surface area contributed by atoms with Crippen LogP contribution in [0.25, 0.3) is 0 Å². The van der Waals surface area contributed by atoms with Crippen molar-refractivity contribution in [2.24, 2.45) is 0 Å². The maximum absolute atomic E-state index is 12.2. The standard InChI is InChI=1S/C23H49NO5Si2/c1-19(25)16-14-13-15-17-20(18-21(26)27-8)24(28-30(9,10)22(2,3)4)29-31(11,12)23(5,6)7/h20H,13-18H2,1-12H3/t20-/m1/s1. The summed E-state index contributed by atoms with van der Waals surface area (Å²) in [5.74, 6) is -0.0494. The van der Waals surface area contributed by atoms with Gasteiger partial charge in [-0.05, 0) is 56.0 Å². The predicted molar refractivity (Wildman–Crippen MR) is 133 cm³/mol. The third kappa shape index (κ3) is 10.7. The van der Waals surface area contributed by atoms with Crippen LogP contribution < -0.4 is 0 Å². The first-order valence-electron chi connectivity index (χ1n) is 11.6. The molecule has 0 spiro atoms. The molecular weight excluding hydrogens is 426 g/mol. The van der Waals surface area contributed by atoms with Gasteiger partial charge in [-0.25, -0.2) is 0 Å². The van der Waals surface area contributed by atoms with Crippen molar-refractivity contribution in [3.63, 3.8) is 0 Å². The minimum atomic E-state index is -2.19. The minimum Gasteiger partial charge on any atom is -0.469 e. The molecule has 0 aromatic carbocycles. The van der Waals surface area contributed by atoms with Crippen molar-refractivity contribution >= 4 is 28.4 Å². The van der Waals surface area contributed by atoms with Gasteiger partial charge in [0.2, 0.25) is 16.6 Å². The summed E-state index contributed by atoms with van der Waals surface area (Å²) >= 11 is 0. The molecule has 0 unspecified atom stereocenters. The van der Waals surface area contributed by atoms with Gasteiger partial charge in [-0.3, -0.25) is 4.79 Å². The third-order valence-electron chi connectivity index (χ3n) is 6.74. The fourth-order valence-electron chi connectivity index (χ4n) is 2.38. The van der Waals surface area contributed by atoms with Gasteiger partial charge in [0.1, 0.15) is 5.78 Å². The van der Waals surface area contributed by atoms with E-state index in [9.17, 15) is 9.59 Å². The molecule has 0 saturated heterocycles. The Balaban J connectivity index is 5.77. The van der Waals surface area contributed by atoms with E-state index in [0.717, 1.165) is 25.7 Å². The van der Waals surface area contributed by atoms with Gasteiger partial charge in [0.05, 0.1) is 19.6 Å². The van der Waals surface area contributed by atoms with Gasteiger partial charge in [0.25, 0.3) is 0 Å². The van der Waals surface area contributed by atoms with Crippen LogP contribution in [0, 0.1) is 0 Å². The van der Waals surface area contributed by atoms with Crippen LogP contribution in [0.5, 0.6) is 0 Å². The zero-order valence-electron chi connectivity index (χ0n) is 22.3. The number of unbranched alkanes of at least 4 members (excludes halogenated alkanes) is 2. The SMILES string of the molecule is COC(=O)C[C@@H](CCCCCC(C)=O)N(O[Si](C)(C)C(C)(C)C)O[Si](C)(C)C(C)(C)C. The number of nitrogens with zero attached hydrogens (tertiary/aromatic N) is 1. The van der Waals surface area contributed by atoms with Gasteiger partial charge >= 0.3 is 5.97 Å². The first-order chi connectivity index (χ1) is 13.8. The Bertz CT molecular complexity index is 551. The average molecular weight is 476 g/mol. The van der Waals surface area contributed by atoms with Gasteiger partial charge < -0.3 is 18.6 Å². The lowest BCUT2D eigenvalue weighted by Crippen LogP contribution is -2.55. The van der Waals surface area contributed by atoms with Crippen LogP contribution in [0.4, 0.5) is 0 Å². The Morgan fingerprint density at radius 1 is 0.839 bits per heavy atom. The maximum atomic E-state index is 12.2. The second-order valence-electron chi connectivity index (χ2n) is 11.7.